The monoisotopic (exact) mass is 243 g/mol. The summed E-state index contributed by atoms with van der Waals surface area (Å²) in [4.78, 5) is 12.7. The largest absolute Gasteiger partial charge is 0.317 e. The van der Waals surface area contributed by atoms with Crippen LogP contribution in [0.3, 0.4) is 0 Å². The fraction of sp³-hybridized carbons (Fsp3) is 0.545. The second-order valence-electron chi connectivity index (χ2n) is 3.92. The first-order valence-corrected chi connectivity index (χ1v) is 6.44. The minimum atomic E-state index is 0.249. The molecule has 0 amide bonds. The van der Waals surface area contributed by atoms with Crippen molar-refractivity contribution in [1.29, 1.82) is 0 Å². The normalized spacial score (nSPS) is 17.9. The number of thiophene rings is 1. The van der Waals surface area contributed by atoms with Crippen LogP contribution in [0.1, 0.15) is 28.9 Å². The highest BCUT2D eigenvalue weighted by Gasteiger charge is 2.18. The topological polar surface area (TPSA) is 29.1 Å². The highest BCUT2D eigenvalue weighted by molar-refractivity contribution is 7.18. The molecule has 0 aromatic carbocycles. The average molecular weight is 244 g/mol. The summed E-state index contributed by atoms with van der Waals surface area (Å²) >= 11 is 7.19. The molecule has 1 N–H and O–H groups in total. The van der Waals surface area contributed by atoms with Crippen LogP contribution in [-0.4, -0.2) is 18.9 Å². The van der Waals surface area contributed by atoms with Gasteiger partial charge in [0.25, 0.3) is 0 Å². The summed E-state index contributed by atoms with van der Waals surface area (Å²) in [5.74, 6) is 0.804. The quantitative estimate of drug-likeness (QED) is 0.827. The number of hydrogen-bond donors (Lipinski definition) is 1. The van der Waals surface area contributed by atoms with Crippen LogP contribution in [0.25, 0.3) is 0 Å². The number of nitrogens with one attached hydrogen (secondary N) is 1. The van der Waals surface area contributed by atoms with Crippen molar-refractivity contribution in [2.24, 2.45) is 5.92 Å². The zero-order valence-corrected chi connectivity index (χ0v) is 10.0. The van der Waals surface area contributed by atoms with E-state index in [0.29, 0.717) is 16.7 Å². The summed E-state index contributed by atoms with van der Waals surface area (Å²) in [6.45, 7) is 2.09. The van der Waals surface area contributed by atoms with Crippen molar-refractivity contribution in [2.75, 3.05) is 13.1 Å². The SMILES string of the molecule is O=C(CC1CCNCC1)c1ccc(Cl)s1. The summed E-state index contributed by atoms with van der Waals surface area (Å²) in [5.41, 5.74) is 0. The van der Waals surface area contributed by atoms with E-state index in [2.05, 4.69) is 5.32 Å². The van der Waals surface area contributed by atoms with E-state index in [1.165, 1.54) is 11.3 Å². The van der Waals surface area contributed by atoms with Crippen molar-refractivity contribution < 1.29 is 4.79 Å². The van der Waals surface area contributed by atoms with Gasteiger partial charge in [0.1, 0.15) is 0 Å². The standard InChI is InChI=1S/C11H14ClNOS/c12-11-2-1-10(15-11)9(14)7-8-3-5-13-6-4-8/h1-2,8,13H,3-7H2. The lowest BCUT2D eigenvalue weighted by molar-refractivity contribution is 0.0956. The molecule has 1 aliphatic rings. The van der Waals surface area contributed by atoms with Crippen LogP contribution in [0.15, 0.2) is 12.1 Å². The highest BCUT2D eigenvalue weighted by atomic mass is 35.5. The van der Waals surface area contributed by atoms with Gasteiger partial charge in [0.15, 0.2) is 5.78 Å². The molecule has 0 unspecified atom stereocenters. The molecule has 0 atom stereocenters. The Balaban J connectivity index is 1.91. The highest BCUT2D eigenvalue weighted by Crippen LogP contribution is 2.25. The summed E-state index contributed by atoms with van der Waals surface area (Å²) in [6.07, 6.45) is 2.91. The molecule has 4 heteroatoms. The summed E-state index contributed by atoms with van der Waals surface area (Å²) < 4.78 is 0.698. The molecular formula is C11H14ClNOS. The molecular weight excluding hydrogens is 230 g/mol. The number of piperidine rings is 1. The maximum absolute atomic E-state index is 11.9. The van der Waals surface area contributed by atoms with Gasteiger partial charge in [-0.05, 0) is 44.0 Å². The minimum absolute atomic E-state index is 0.249. The summed E-state index contributed by atoms with van der Waals surface area (Å²) in [5, 5.41) is 3.30. The predicted octanol–water partition coefficient (Wildman–Crippen LogP) is 2.97. The third-order valence-corrected chi connectivity index (χ3v) is 4.05. The van der Waals surface area contributed by atoms with Crippen molar-refractivity contribution in [3.8, 4) is 0 Å². The Hall–Kier alpha value is -0.380. The second-order valence-corrected chi connectivity index (χ2v) is 5.64. The van der Waals surface area contributed by atoms with Crippen LogP contribution in [0, 0.1) is 5.92 Å². The Morgan fingerprint density at radius 2 is 2.20 bits per heavy atom. The molecule has 15 heavy (non-hydrogen) atoms. The van der Waals surface area contributed by atoms with E-state index in [4.69, 9.17) is 11.6 Å². The molecule has 0 aliphatic carbocycles. The molecule has 1 fully saturated rings. The number of halogens is 1. The molecule has 2 heterocycles. The Bertz CT molecular complexity index is 344. The van der Waals surface area contributed by atoms with Crippen LogP contribution in [0.4, 0.5) is 0 Å². The Morgan fingerprint density at radius 3 is 2.80 bits per heavy atom. The van der Waals surface area contributed by atoms with E-state index in [-0.39, 0.29) is 5.78 Å². The molecule has 0 saturated carbocycles. The molecule has 1 aliphatic heterocycles. The van der Waals surface area contributed by atoms with E-state index < -0.39 is 0 Å². The van der Waals surface area contributed by atoms with Gasteiger partial charge >= 0.3 is 0 Å². The maximum atomic E-state index is 11.9. The molecule has 82 valence electrons. The molecule has 1 aromatic rings. The van der Waals surface area contributed by atoms with Gasteiger partial charge < -0.3 is 5.32 Å². The summed E-state index contributed by atoms with van der Waals surface area (Å²) in [6, 6.07) is 3.62. The first-order chi connectivity index (χ1) is 7.25. The van der Waals surface area contributed by atoms with Crippen molar-refractivity contribution in [1.82, 2.24) is 5.32 Å². The van der Waals surface area contributed by atoms with Gasteiger partial charge in [0.2, 0.25) is 0 Å². The van der Waals surface area contributed by atoms with Crippen molar-refractivity contribution in [2.45, 2.75) is 19.3 Å². The zero-order valence-electron chi connectivity index (χ0n) is 8.46. The zero-order chi connectivity index (χ0) is 10.7. The lowest BCUT2D eigenvalue weighted by atomic mass is 9.92. The molecule has 2 nitrogen and oxygen atoms in total. The average Bonchev–Trinajstić information content (AvgIpc) is 2.66. The maximum Gasteiger partial charge on any atom is 0.173 e. The number of hydrogen-bond acceptors (Lipinski definition) is 3. The summed E-state index contributed by atoms with van der Waals surface area (Å²) in [7, 11) is 0. The number of carbonyl (C=O) groups is 1. The van der Waals surface area contributed by atoms with E-state index in [0.717, 1.165) is 30.8 Å². The van der Waals surface area contributed by atoms with Crippen LogP contribution < -0.4 is 5.32 Å². The fourth-order valence-corrected chi connectivity index (χ4v) is 2.90. The second kappa shape index (κ2) is 5.10. The first-order valence-electron chi connectivity index (χ1n) is 5.25. The Kier molecular flexibility index (Phi) is 3.78. The Labute approximate surface area is 98.6 Å². The molecule has 2 rings (SSSR count). The number of ketones is 1. The van der Waals surface area contributed by atoms with E-state index in [1.54, 1.807) is 6.07 Å². The van der Waals surface area contributed by atoms with Crippen molar-refractivity contribution in [3.05, 3.63) is 21.3 Å². The van der Waals surface area contributed by atoms with Gasteiger partial charge in [-0.1, -0.05) is 11.6 Å². The molecule has 1 saturated heterocycles. The van der Waals surface area contributed by atoms with E-state index in [9.17, 15) is 4.79 Å². The fourth-order valence-electron chi connectivity index (χ4n) is 1.91. The molecule has 1 aromatic heterocycles. The van der Waals surface area contributed by atoms with Crippen molar-refractivity contribution in [3.63, 3.8) is 0 Å². The number of rotatable bonds is 3. The van der Waals surface area contributed by atoms with Crippen LogP contribution >= 0.6 is 22.9 Å². The first kappa shape index (κ1) is 11.1. The molecule has 0 bridgehead atoms. The van der Waals surface area contributed by atoms with Gasteiger partial charge in [-0.3, -0.25) is 4.79 Å². The lowest BCUT2D eigenvalue weighted by Gasteiger charge is -2.21. The predicted molar refractivity (Wildman–Crippen MR) is 63.9 cm³/mol. The number of Topliss-reactive ketones (excluding diaryl/α,β-unsaturated/α-hetero) is 1. The third kappa shape index (κ3) is 3.03. The van der Waals surface area contributed by atoms with E-state index in [1.807, 2.05) is 6.07 Å². The van der Waals surface area contributed by atoms with E-state index >= 15 is 0 Å². The van der Waals surface area contributed by atoms with Crippen LogP contribution in [0.2, 0.25) is 4.34 Å². The minimum Gasteiger partial charge on any atom is -0.317 e. The van der Waals surface area contributed by atoms with Gasteiger partial charge in [-0.2, -0.15) is 0 Å². The van der Waals surface area contributed by atoms with Crippen molar-refractivity contribution >= 4 is 28.7 Å². The third-order valence-electron chi connectivity index (χ3n) is 2.78. The van der Waals surface area contributed by atoms with Crippen LogP contribution in [0.5, 0.6) is 0 Å². The lowest BCUT2D eigenvalue weighted by Crippen LogP contribution is -2.28. The van der Waals surface area contributed by atoms with Gasteiger partial charge in [-0.25, -0.2) is 0 Å². The molecule has 0 spiro atoms. The van der Waals surface area contributed by atoms with Gasteiger partial charge in [0, 0.05) is 6.42 Å². The van der Waals surface area contributed by atoms with Gasteiger partial charge in [0.05, 0.1) is 9.21 Å². The Morgan fingerprint density at radius 1 is 1.47 bits per heavy atom. The molecule has 0 radical (unpaired) electrons. The van der Waals surface area contributed by atoms with Gasteiger partial charge in [-0.15, -0.1) is 11.3 Å². The number of carbonyl (C=O) groups excluding carboxylic acids is 1. The van der Waals surface area contributed by atoms with Crippen LogP contribution in [-0.2, 0) is 0 Å². The smallest absolute Gasteiger partial charge is 0.173 e.